The van der Waals surface area contributed by atoms with E-state index in [0.29, 0.717) is 10.6 Å². The standard InChI is InChI=1S/C28H34NO6PSi/c1-7-18-33-28(31)25-26(19(2)24-23(27(30)29(24)25)20(3)35-37(4,5)6)34-36(32,21-14-10-8-11-15-21)22-16-12-9-13-17-22/h7-17,19-20,23-24H,1,18H2,2-6H3/t19-,20?,23-,24-/m1/s1. The number of nitrogens with zero attached hydrogens (tertiary/aromatic N) is 1. The number of carbonyl (C=O) groups is 2. The molecule has 0 saturated carbocycles. The highest BCUT2D eigenvalue weighted by molar-refractivity contribution is 7.74. The fourth-order valence-electron chi connectivity index (χ4n) is 5.09. The summed E-state index contributed by atoms with van der Waals surface area (Å²) in [5.41, 5.74) is 0.00731. The third-order valence-corrected chi connectivity index (χ3v) is 10.1. The zero-order chi connectivity index (χ0) is 27.0. The molecule has 1 fully saturated rings. The minimum atomic E-state index is -3.68. The second kappa shape index (κ2) is 10.4. The summed E-state index contributed by atoms with van der Waals surface area (Å²) in [6.07, 6.45) is 1.13. The van der Waals surface area contributed by atoms with Gasteiger partial charge in [0.15, 0.2) is 14.0 Å². The van der Waals surface area contributed by atoms with E-state index in [1.807, 2.05) is 26.0 Å². The number of esters is 1. The molecule has 4 rings (SSSR count). The van der Waals surface area contributed by atoms with E-state index < -0.39 is 33.5 Å². The van der Waals surface area contributed by atoms with Crippen LogP contribution in [0.15, 0.2) is 84.8 Å². The molecule has 2 aliphatic rings. The van der Waals surface area contributed by atoms with Crippen LogP contribution >= 0.6 is 7.37 Å². The molecule has 196 valence electrons. The molecule has 4 atom stereocenters. The zero-order valence-electron chi connectivity index (χ0n) is 21.9. The van der Waals surface area contributed by atoms with Gasteiger partial charge in [0.05, 0.1) is 28.7 Å². The number of hydrogen-bond acceptors (Lipinski definition) is 6. The quantitative estimate of drug-likeness (QED) is 0.144. The highest BCUT2D eigenvalue weighted by Crippen LogP contribution is 2.55. The molecule has 7 nitrogen and oxygen atoms in total. The van der Waals surface area contributed by atoms with Gasteiger partial charge in [-0.2, -0.15) is 0 Å². The Hall–Kier alpha value is -2.93. The fourth-order valence-corrected chi connectivity index (χ4v) is 8.52. The average Bonchev–Trinajstić information content (AvgIpc) is 3.10. The SMILES string of the molecule is C=CCOC(=O)C1=C(OP(=O)(c2ccccc2)c2ccccc2)[C@H](C)[C@@H]2[C@@H](C(C)O[Si](C)(C)C)C(=O)N12. The van der Waals surface area contributed by atoms with E-state index in [-0.39, 0.29) is 36.1 Å². The van der Waals surface area contributed by atoms with Gasteiger partial charge in [-0.15, -0.1) is 0 Å². The number of hydrogen-bond donors (Lipinski definition) is 0. The van der Waals surface area contributed by atoms with E-state index in [2.05, 4.69) is 26.2 Å². The number of amides is 1. The van der Waals surface area contributed by atoms with E-state index >= 15 is 0 Å². The first-order chi connectivity index (χ1) is 17.5. The van der Waals surface area contributed by atoms with Crippen molar-refractivity contribution in [3.05, 3.63) is 84.8 Å². The molecule has 1 amide bonds. The van der Waals surface area contributed by atoms with Gasteiger partial charge in [0, 0.05) is 5.92 Å². The van der Waals surface area contributed by atoms with Crippen LogP contribution in [0.25, 0.3) is 0 Å². The minimum Gasteiger partial charge on any atom is -0.457 e. The number of fused-ring (bicyclic) bond motifs is 1. The van der Waals surface area contributed by atoms with Crippen molar-refractivity contribution in [3.63, 3.8) is 0 Å². The van der Waals surface area contributed by atoms with Gasteiger partial charge >= 0.3 is 13.3 Å². The maximum Gasteiger partial charge on any atom is 0.358 e. The maximum atomic E-state index is 14.7. The highest BCUT2D eigenvalue weighted by Gasteiger charge is 2.62. The van der Waals surface area contributed by atoms with Crippen molar-refractivity contribution in [2.24, 2.45) is 11.8 Å². The van der Waals surface area contributed by atoms with Crippen LogP contribution in [0.3, 0.4) is 0 Å². The lowest BCUT2D eigenvalue weighted by Gasteiger charge is -2.48. The Morgan fingerprint density at radius 1 is 1.08 bits per heavy atom. The van der Waals surface area contributed by atoms with E-state index in [1.165, 1.54) is 11.0 Å². The topological polar surface area (TPSA) is 82.1 Å². The molecule has 37 heavy (non-hydrogen) atoms. The van der Waals surface area contributed by atoms with Crippen LogP contribution in [0.1, 0.15) is 13.8 Å². The smallest absolute Gasteiger partial charge is 0.358 e. The highest BCUT2D eigenvalue weighted by atomic mass is 31.2. The molecule has 1 saturated heterocycles. The lowest BCUT2D eigenvalue weighted by molar-refractivity contribution is -0.163. The van der Waals surface area contributed by atoms with Crippen molar-refractivity contribution >= 4 is 38.2 Å². The molecule has 9 heteroatoms. The predicted octanol–water partition coefficient (Wildman–Crippen LogP) is 4.59. The second-order valence-corrected chi connectivity index (χ2v) is 17.1. The first-order valence-corrected chi connectivity index (χ1v) is 17.5. The van der Waals surface area contributed by atoms with Crippen molar-refractivity contribution in [2.75, 3.05) is 6.61 Å². The van der Waals surface area contributed by atoms with Gasteiger partial charge in [-0.25, -0.2) is 4.79 Å². The Morgan fingerprint density at radius 3 is 2.11 bits per heavy atom. The van der Waals surface area contributed by atoms with Crippen molar-refractivity contribution in [2.45, 2.75) is 45.6 Å². The fraction of sp³-hybridized carbons (Fsp3) is 0.357. The number of rotatable bonds is 10. The summed E-state index contributed by atoms with van der Waals surface area (Å²) in [5.74, 6) is -1.57. The largest absolute Gasteiger partial charge is 0.457 e. The number of ether oxygens (including phenoxy) is 1. The van der Waals surface area contributed by atoms with Gasteiger partial charge in [-0.1, -0.05) is 56.0 Å². The third kappa shape index (κ3) is 5.11. The van der Waals surface area contributed by atoms with E-state index in [9.17, 15) is 14.2 Å². The van der Waals surface area contributed by atoms with E-state index in [4.69, 9.17) is 13.7 Å². The summed E-state index contributed by atoms with van der Waals surface area (Å²) in [6.45, 7) is 13.6. The Balaban J connectivity index is 1.79. The lowest BCUT2D eigenvalue weighted by Crippen LogP contribution is -2.64. The monoisotopic (exact) mass is 539 g/mol. The van der Waals surface area contributed by atoms with Gasteiger partial charge in [0.1, 0.15) is 12.4 Å². The molecule has 2 aliphatic heterocycles. The summed E-state index contributed by atoms with van der Waals surface area (Å²) in [7, 11) is -5.61. The van der Waals surface area contributed by atoms with Crippen LogP contribution in [0.2, 0.25) is 19.6 Å². The summed E-state index contributed by atoms with van der Waals surface area (Å²) < 4.78 is 32.7. The number of benzene rings is 2. The van der Waals surface area contributed by atoms with E-state index in [0.717, 1.165) is 0 Å². The van der Waals surface area contributed by atoms with Crippen LogP contribution in [0.5, 0.6) is 0 Å². The molecule has 0 aromatic heterocycles. The van der Waals surface area contributed by atoms with Gasteiger partial charge in [0.25, 0.3) is 0 Å². The van der Waals surface area contributed by atoms with Gasteiger partial charge < -0.3 is 13.7 Å². The maximum absolute atomic E-state index is 14.7. The lowest BCUT2D eigenvalue weighted by atomic mass is 9.79. The summed E-state index contributed by atoms with van der Waals surface area (Å²) in [6, 6.07) is 17.5. The number of β-lactam (4-membered cyclic amide) rings is 1. The normalized spacial score (nSPS) is 22.2. The van der Waals surface area contributed by atoms with Crippen molar-refractivity contribution in [1.29, 1.82) is 0 Å². The van der Waals surface area contributed by atoms with E-state index in [1.54, 1.807) is 48.5 Å². The van der Waals surface area contributed by atoms with Crippen molar-refractivity contribution in [3.8, 4) is 0 Å². The Labute approximate surface area is 219 Å². The molecule has 1 unspecified atom stereocenters. The minimum absolute atomic E-state index is 0.00731. The molecule has 2 aromatic carbocycles. The average molecular weight is 540 g/mol. The number of carbonyl (C=O) groups excluding carboxylic acids is 2. The molecule has 2 aromatic rings. The predicted molar refractivity (Wildman–Crippen MR) is 146 cm³/mol. The van der Waals surface area contributed by atoms with Crippen LogP contribution in [-0.4, -0.2) is 43.8 Å². The first kappa shape index (κ1) is 27.1. The summed E-state index contributed by atoms with van der Waals surface area (Å²) in [4.78, 5) is 28.1. The van der Waals surface area contributed by atoms with Gasteiger partial charge in [-0.3, -0.25) is 14.3 Å². The molecule has 0 aliphatic carbocycles. The zero-order valence-corrected chi connectivity index (χ0v) is 23.8. The van der Waals surface area contributed by atoms with Crippen molar-refractivity contribution < 1.29 is 27.8 Å². The van der Waals surface area contributed by atoms with Crippen LogP contribution in [0.4, 0.5) is 0 Å². The summed E-state index contributed by atoms with van der Waals surface area (Å²) in [5, 5.41) is 0.986. The second-order valence-electron chi connectivity index (χ2n) is 10.4. The third-order valence-electron chi connectivity index (χ3n) is 6.58. The Morgan fingerprint density at radius 2 is 1.62 bits per heavy atom. The molecule has 0 N–H and O–H groups in total. The first-order valence-electron chi connectivity index (χ1n) is 12.4. The van der Waals surface area contributed by atoms with Crippen LogP contribution in [0, 0.1) is 11.8 Å². The van der Waals surface area contributed by atoms with Crippen LogP contribution < -0.4 is 10.6 Å². The molecule has 0 spiro atoms. The molecule has 0 bridgehead atoms. The van der Waals surface area contributed by atoms with Gasteiger partial charge in [0.2, 0.25) is 5.91 Å². The molecular formula is C28H34NO6PSi. The van der Waals surface area contributed by atoms with Crippen molar-refractivity contribution in [1.82, 2.24) is 4.90 Å². The Bertz CT molecular complexity index is 1210. The molecule has 2 heterocycles. The molecular weight excluding hydrogens is 505 g/mol. The Kier molecular flexibility index (Phi) is 7.65. The van der Waals surface area contributed by atoms with Gasteiger partial charge in [-0.05, 0) is 50.8 Å². The van der Waals surface area contributed by atoms with Crippen LogP contribution in [-0.2, 0) is 27.8 Å². The summed E-state index contributed by atoms with van der Waals surface area (Å²) >= 11 is 0. The molecule has 0 radical (unpaired) electrons.